The monoisotopic (exact) mass is 504 g/mol. The summed E-state index contributed by atoms with van der Waals surface area (Å²) < 4.78 is 54.3. The van der Waals surface area contributed by atoms with Gasteiger partial charge >= 0.3 is 11.9 Å². The molecule has 1 saturated carbocycles. The molecule has 190 valence electrons. The molecule has 4 rings (SSSR count). The van der Waals surface area contributed by atoms with Crippen molar-refractivity contribution in [1.29, 1.82) is 0 Å². The molecule has 36 heavy (non-hydrogen) atoms. The zero-order valence-corrected chi connectivity index (χ0v) is 19.5. The molecule has 1 fully saturated rings. The average Bonchev–Trinajstić information content (AvgIpc) is 2.86. The lowest BCUT2D eigenvalue weighted by atomic mass is 9.94. The van der Waals surface area contributed by atoms with Crippen LogP contribution in [0.1, 0.15) is 53.7 Å². The Labute approximate surface area is 203 Å². The van der Waals surface area contributed by atoms with Crippen molar-refractivity contribution in [2.45, 2.75) is 50.9 Å². The standard InChI is InChI=1S/C25H24F4N4O3/c1-31(19-8-3-2-4-9-19)22(34)21-23(35)32(15-16-6-5-7-18(26)14-16)24(36)33(30-21)20-12-10-17(11-13-20)25(27,28)29/h5-7,10-14,19H,2-4,8-9,15H2,1H3. The van der Waals surface area contributed by atoms with Crippen LogP contribution in [0.25, 0.3) is 5.69 Å². The molecule has 2 aromatic carbocycles. The van der Waals surface area contributed by atoms with Crippen molar-refractivity contribution in [2.75, 3.05) is 7.05 Å². The second kappa shape index (κ2) is 10.1. The summed E-state index contributed by atoms with van der Waals surface area (Å²) in [6.07, 6.45) is -0.140. The van der Waals surface area contributed by atoms with Crippen LogP contribution in [0.4, 0.5) is 17.6 Å². The van der Waals surface area contributed by atoms with Crippen molar-refractivity contribution in [3.8, 4) is 5.69 Å². The van der Waals surface area contributed by atoms with Gasteiger partial charge in [-0.1, -0.05) is 31.4 Å². The molecule has 0 unspecified atom stereocenters. The first-order valence-corrected chi connectivity index (χ1v) is 11.5. The highest BCUT2D eigenvalue weighted by Crippen LogP contribution is 2.29. The van der Waals surface area contributed by atoms with Gasteiger partial charge in [-0.05, 0) is 54.8 Å². The number of aromatic nitrogens is 3. The third-order valence-electron chi connectivity index (χ3n) is 6.37. The molecule has 1 aliphatic rings. The van der Waals surface area contributed by atoms with Crippen molar-refractivity contribution < 1.29 is 22.4 Å². The molecule has 1 aromatic heterocycles. The van der Waals surface area contributed by atoms with E-state index in [-0.39, 0.29) is 18.3 Å². The number of hydrogen-bond acceptors (Lipinski definition) is 4. The molecule has 1 aliphatic carbocycles. The van der Waals surface area contributed by atoms with Gasteiger partial charge in [0.2, 0.25) is 5.69 Å². The lowest BCUT2D eigenvalue weighted by Gasteiger charge is -2.30. The Morgan fingerprint density at radius 3 is 2.33 bits per heavy atom. The molecule has 0 atom stereocenters. The average molecular weight is 504 g/mol. The van der Waals surface area contributed by atoms with Crippen LogP contribution in [0.15, 0.2) is 58.1 Å². The first kappa shape index (κ1) is 25.3. The number of carbonyl (C=O) groups is 1. The third kappa shape index (κ3) is 5.24. The summed E-state index contributed by atoms with van der Waals surface area (Å²) >= 11 is 0. The molecular weight excluding hydrogens is 480 g/mol. The Hall–Kier alpha value is -3.76. The molecule has 0 saturated heterocycles. The number of carbonyl (C=O) groups excluding carboxylic acids is 1. The minimum Gasteiger partial charge on any atom is -0.337 e. The number of nitrogens with zero attached hydrogens (tertiary/aromatic N) is 4. The minimum absolute atomic E-state index is 0.0599. The Morgan fingerprint density at radius 1 is 1.06 bits per heavy atom. The molecule has 11 heteroatoms. The Kier molecular flexibility index (Phi) is 7.09. The van der Waals surface area contributed by atoms with E-state index in [4.69, 9.17) is 0 Å². The first-order chi connectivity index (χ1) is 17.1. The highest BCUT2D eigenvalue weighted by Gasteiger charge is 2.31. The fourth-order valence-corrected chi connectivity index (χ4v) is 4.37. The lowest BCUT2D eigenvalue weighted by Crippen LogP contribution is -2.48. The minimum atomic E-state index is -4.59. The van der Waals surface area contributed by atoms with E-state index in [9.17, 15) is 31.9 Å². The van der Waals surface area contributed by atoms with Gasteiger partial charge in [0.25, 0.3) is 11.5 Å². The van der Waals surface area contributed by atoms with Gasteiger partial charge in [-0.15, -0.1) is 0 Å². The van der Waals surface area contributed by atoms with Gasteiger partial charge in [0.05, 0.1) is 17.8 Å². The van der Waals surface area contributed by atoms with Crippen LogP contribution < -0.4 is 11.2 Å². The molecular formula is C25H24F4N4O3. The lowest BCUT2D eigenvalue weighted by molar-refractivity contribution is -0.137. The maximum absolute atomic E-state index is 13.7. The molecule has 0 aliphatic heterocycles. The molecule has 3 aromatic rings. The predicted molar refractivity (Wildman–Crippen MR) is 124 cm³/mol. The van der Waals surface area contributed by atoms with Crippen LogP contribution in [-0.4, -0.2) is 38.2 Å². The van der Waals surface area contributed by atoms with E-state index in [2.05, 4.69) is 5.10 Å². The van der Waals surface area contributed by atoms with E-state index in [1.165, 1.54) is 23.1 Å². The van der Waals surface area contributed by atoms with E-state index in [1.807, 2.05) is 0 Å². The fourth-order valence-electron chi connectivity index (χ4n) is 4.37. The van der Waals surface area contributed by atoms with Gasteiger partial charge < -0.3 is 4.90 Å². The second-order valence-corrected chi connectivity index (χ2v) is 8.82. The number of hydrogen-bond donors (Lipinski definition) is 0. The van der Waals surface area contributed by atoms with Gasteiger partial charge in [-0.25, -0.2) is 9.18 Å². The summed E-state index contributed by atoms with van der Waals surface area (Å²) in [6, 6.07) is 8.79. The van der Waals surface area contributed by atoms with Gasteiger partial charge in [0, 0.05) is 13.1 Å². The van der Waals surface area contributed by atoms with Gasteiger partial charge in [0.1, 0.15) is 5.82 Å². The van der Waals surface area contributed by atoms with Crippen molar-refractivity contribution in [3.63, 3.8) is 0 Å². The van der Waals surface area contributed by atoms with Gasteiger partial charge in [-0.3, -0.25) is 14.2 Å². The number of halogens is 4. The van der Waals surface area contributed by atoms with Crippen LogP contribution in [0, 0.1) is 5.82 Å². The number of amides is 1. The first-order valence-electron chi connectivity index (χ1n) is 11.5. The summed E-state index contributed by atoms with van der Waals surface area (Å²) in [6.45, 7) is -0.355. The summed E-state index contributed by atoms with van der Waals surface area (Å²) in [5, 5.41) is 3.99. The quantitative estimate of drug-likeness (QED) is 0.492. The summed E-state index contributed by atoms with van der Waals surface area (Å²) in [7, 11) is 1.56. The van der Waals surface area contributed by atoms with Crippen LogP contribution in [-0.2, 0) is 12.7 Å². The molecule has 0 radical (unpaired) electrons. The van der Waals surface area contributed by atoms with E-state index >= 15 is 0 Å². The zero-order chi connectivity index (χ0) is 26.0. The Balaban J connectivity index is 1.83. The summed E-state index contributed by atoms with van der Waals surface area (Å²) in [4.78, 5) is 41.3. The Bertz CT molecular complexity index is 1370. The van der Waals surface area contributed by atoms with Crippen LogP contribution >= 0.6 is 0 Å². The second-order valence-electron chi connectivity index (χ2n) is 8.82. The van der Waals surface area contributed by atoms with Crippen molar-refractivity contribution >= 4 is 5.91 Å². The van der Waals surface area contributed by atoms with E-state index in [0.29, 0.717) is 5.56 Å². The summed E-state index contributed by atoms with van der Waals surface area (Å²) in [5.41, 5.74) is -3.17. The van der Waals surface area contributed by atoms with E-state index in [0.717, 1.165) is 71.7 Å². The smallest absolute Gasteiger partial charge is 0.337 e. The Morgan fingerprint density at radius 2 is 1.72 bits per heavy atom. The maximum Gasteiger partial charge on any atom is 0.416 e. The van der Waals surface area contributed by atoms with Crippen LogP contribution in [0.5, 0.6) is 0 Å². The SMILES string of the molecule is CN(C(=O)c1nn(-c2ccc(C(F)(F)F)cc2)c(=O)n(Cc2cccc(F)c2)c1=O)C1CCCCC1. The topological polar surface area (TPSA) is 77.2 Å². The fraction of sp³-hybridized carbons (Fsp3) is 0.360. The molecule has 0 N–H and O–H groups in total. The van der Waals surface area contributed by atoms with Crippen molar-refractivity contribution in [2.24, 2.45) is 0 Å². The number of rotatable bonds is 5. The van der Waals surface area contributed by atoms with Crippen molar-refractivity contribution in [1.82, 2.24) is 19.2 Å². The molecule has 0 bridgehead atoms. The van der Waals surface area contributed by atoms with Gasteiger partial charge in [0.15, 0.2) is 0 Å². The van der Waals surface area contributed by atoms with Gasteiger partial charge in [-0.2, -0.15) is 23.0 Å². The predicted octanol–water partition coefficient (Wildman–Crippen LogP) is 4.01. The third-order valence-corrected chi connectivity index (χ3v) is 6.37. The van der Waals surface area contributed by atoms with E-state index in [1.54, 1.807) is 7.05 Å². The van der Waals surface area contributed by atoms with Crippen LogP contribution in [0.2, 0.25) is 0 Å². The molecule has 7 nitrogen and oxygen atoms in total. The highest BCUT2D eigenvalue weighted by atomic mass is 19.4. The highest BCUT2D eigenvalue weighted by molar-refractivity contribution is 5.91. The van der Waals surface area contributed by atoms with E-state index < -0.39 is 40.4 Å². The molecule has 1 amide bonds. The number of benzene rings is 2. The zero-order valence-electron chi connectivity index (χ0n) is 19.5. The number of alkyl halides is 3. The molecule has 0 spiro atoms. The van der Waals surface area contributed by atoms with Crippen molar-refractivity contribution in [3.05, 3.63) is 92.0 Å². The normalized spacial score (nSPS) is 14.6. The van der Waals surface area contributed by atoms with Crippen LogP contribution in [0.3, 0.4) is 0 Å². The molecule has 1 heterocycles. The maximum atomic E-state index is 13.7. The summed E-state index contributed by atoms with van der Waals surface area (Å²) in [5.74, 6) is -1.27. The largest absolute Gasteiger partial charge is 0.416 e.